The molecule has 2 atom stereocenters. The lowest BCUT2D eigenvalue weighted by atomic mass is 10.1. The monoisotopic (exact) mass is 396 g/mol. The number of anilines is 1. The Bertz CT molecular complexity index is 957. The van der Waals surface area contributed by atoms with Gasteiger partial charge in [-0.1, -0.05) is 23.2 Å². The third-order valence-corrected chi connectivity index (χ3v) is 5.15. The molecule has 0 saturated heterocycles. The molecular weight excluding hydrogens is 376 g/mol. The van der Waals surface area contributed by atoms with Crippen LogP contribution in [-0.2, 0) is 0 Å². The van der Waals surface area contributed by atoms with E-state index in [0.717, 1.165) is 30.6 Å². The number of carbonyl (C=O) groups is 1. The van der Waals surface area contributed by atoms with Gasteiger partial charge in [-0.15, -0.1) is 0 Å². The van der Waals surface area contributed by atoms with Gasteiger partial charge in [-0.3, -0.25) is 4.79 Å². The molecule has 2 N–H and O–H groups in total. The van der Waals surface area contributed by atoms with E-state index < -0.39 is 0 Å². The minimum Gasteiger partial charge on any atom is -0.365 e. The fraction of sp³-hybridized carbons (Fsp3) is 0.300. The van der Waals surface area contributed by atoms with Gasteiger partial charge in [-0.05, 0) is 50.5 Å². The van der Waals surface area contributed by atoms with Gasteiger partial charge in [0, 0.05) is 18.3 Å². The van der Waals surface area contributed by atoms with E-state index in [0.29, 0.717) is 16.3 Å². The summed E-state index contributed by atoms with van der Waals surface area (Å²) in [6, 6.07) is 9.47. The zero-order valence-electron chi connectivity index (χ0n) is 15.5. The summed E-state index contributed by atoms with van der Waals surface area (Å²) in [5, 5.41) is 15.5. The first-order chi connectivity index (χ1) is 13.6. The maximum absolute atomic E-state index is 13.1. The van der Waals surface area contributed by atoms with Crippen molar-refractivity contribution in [1.29, 1.82) is 0 Å². The maximum Gasteiger partial charge on any atom is 0.253 e. The van der Waals surface area contributed by atoms with Crippen LogP contribution in [0.15, 0.2) is 48.9 Å². The van der Waals surface area contributed by atoms with Crippen molar-refractivity contribution in [1.82, 2.24) is 25.3 Å². The van der Waals surface area contributed by atoms with Gasteiger partial charge in [0.25, 0.3) is 5.91 Å². The molecule has 0 spiro atoms. The molecule has 144 valence electrons. The van der Waals surface area contributed by atoms with E-state index in [1.807, 2.05) is 31.2 Å². The summed E-state index contributed by atoms with van der Waals surface area (Å²) in [7, 11) is 0. The summed E-state index contributed by atoms with van der Waals surface area (Å²) < 4.78 is 0. The predicted molar refractivity (Wildman–Crippen MR) is 108 cm³/mol. The van der Waals surface area contributed by atoms with Crippen molar-refractivity contribution >= 4 is 23.3 Å². The molecule has 0 bridgehead atoms. The quantitative estimate of drug-likeness (QED) is 0.690. The molecule has 8 heteroatoms. The summed E-state index contributed by atoms with van der Waals surface area (Å²) >= 11 is 5.90. The fourth-order valence-electron chi connectivity index (χ4n) is 3.55. The minimum atomic E-state index is -0.126. The van der Waals surface area contributed by atoms with Crippen molar-refractivity contribution in [2.45, 2.75) is 38.3 Å². The molecule has 0 radical (unpaired) electrons. The number of aromatic nitrogens is 4. The first-order valence-corrected chi connectivity index (χ1v) is 9.64. The van der Waals surface area contributed by atoms with E-state index in [9.17, 15) is 4.79 Å². The van der Waals surface area contributed by atoms with Crippen molar-refractivity contribution in [3.05, 3.63) is 65.1 Å². The van der Waals surface area contributed by atoms with Crippen molar-refractivity contribution in [3.8, 4) is 5.69 Å². The normalized spacial score (nSPS) is 18.8. The smallest absolute Gasteiger partial charge is 0.253 e. The van der Waals surface area contributed by atoms with E-state index >= 15 is 0 Å². The Morgan fingerprint density at radius 2 is 1.93 bits per heavy atom. The number of hydrogen-bond donors (Lipinski definition) is 2. The number of nitrogens with zero attached hydrogens (tertiary/aromatic N) is 4. The number of amides is 1. The lowest BCUT2D eigenvalue weighted by molar-refractivity contribution is 0.0935. The standard InChI is InChI=1S/C20H21ClN6O/c1-13-5-7-18(27-23-9-10-24-27)15(11-13)20(28)26-17-4-2-3-16(17)25-19-8-6-14(21)12-22-19/h5-12,16-17H,2-4H2,1H3,(H,22,25)(H,26,28)/t16-,17+/m0/s1. The van der Waals surface area contributed by atoms with Crippen molar-refractivity contribution in [3.63, 3.8) is 0 Å². The van der Waals surface area contributed by atoms with Gasteiger partial charge in [0.15, 0.2) is 0 Å². The second-order valence-electron chi connectivity index (χ2n) is 6.96. The average Bonchev–Trinajstić information content (AvgIpc) is 3.36. The van der Waals surface area contributed by atoms with Gasteiger partial charge in [-0.2, -0.15) is 15.0 Å². The number of hydrogen-bond acceptors (Lipinski definition) is 5. The highest BCUT2D eigenvalue weighted by molar-refractivity contribution is 6.30. The molecule has 2 heterocycles. The third-order valence-electron chi connectivity index (χ3n) is 4.92. The number of aryl methyl sites for hydroxylation is 1. The van der Waals surface area contributed by atoms with Crippen LogP contribution >= 0.6 is 11.6 Å². The SMILES string of the molecule is Cc1ccc(-n2nccn2)c(C(=O)N[C@@H]2CCC[C@@H]2Nc2ccc(Cl)cn2)c1. The van der Waals surface area contributed by atoms with Crippen LogP contribution in [0.4, 0.5) is 5.82 Å². The van der Waals surface area contributed by atoms with Crippen LogP contribution in [0.3, 0.4) is 0 Å². The van der Waals surface area contributed by atoms with Crippen LogP contribution in [-0.4, -0.2) is 38.0 Å². The van der Waals surface area contributed by atoms with E-state index in [1.54, 1.807) is 24.7 Å². The Balaban J connectivity index is 1.51. The van der Waals surface area contributed by atoms with Crippen LogP contribution in [0.1, 0.15) is 35.2 Å². The van der Waals surface area contributed by atoms with Crippen LogP contribution < -0.4 is 10.6 Å². The van der Waals surface area contributed by atoms with Crippen LogP contribution in [0.2, 0.25) is 5.02 Å². The van der Waals surface area contributed by atoms with Crippen molar-refractivity contribution in [2.75, 3.05) is 5.32 Å². The highest BCUT2D eigenvalue weighted by Crippen LogP contribution is 2.24. The number of nitrogens with one attached hydrogen (secondary N) is 2. The Hall–Kier alpha value is -2.93. The second-order valence-corrected chi connectivity index (χ2v) is 7.40. The molecule has 28 heavy (non-hydrogen) atoms. The lowest BCUT2D eigenvalue weighted by Crippen LogP contribution is -2.43. The summed E-state index contributed by atoms with van der Waals surface area (Å²) in [6.07, 6.45) is 7.73. The van der Waals surface area contributed by atoms with Gasteiger partial charge < -0.3 is 10.6 Å². The highest BCUT2D eigenvalue weighted by Gasteiger charge is 2.30. The van der Waals surface area contributed by atoms with Gasteiger partial charge in [0.05, 0.1) is 28.7 Å². The van der Waals surface area contributed by atoms with Crippen LogP contribution in [0.5, 0.6) is 0 Å². The van der Waals surface area contributed by atoms with Gasteiger partial charge in [-0.25, -0.2) is 4.98 Å². The molecule has 1 amide bonds. The Morgan fingerprint density at radius 3 is 2.68 bits per heavy atom. The lowest BCUT2D eigenvalue weighted by Gasteiger charge is -2.23. The minimum absolute atomic E-state index is 0.0175. The van der Waals surface area contributed by atoms with Gasteiger partial charge >= 0.3 is 0 Å². The molecule has 7 nitrogen and oxygen atoms in total. The molecule has 1 aliphatic carbocycles. The summed E-state index contributed by atoms with van der Waals surface area (Å²) in [5.41, 5.74) is 2.23. The topological polar surface area (TPSA) is 84.7 Å². The number of rotatable bonds is 5. The molecule has 1 fully saturated rings. The molecule has 2 aromatic heterocycles. The predicted octanol–water partition coefficient (Wildman–Crippen LogP) is 3.39. The average molecular weight is 397 g/mol. The van der Waals surface area contributed by atoms with Crippen molar-refractivity contribution < 1.29 is 4.79 Å². The Morgan fingerprint density at radius 1 is 1.14 bits per heavy atom. The Kier molecular flexibility index (Phi) is 5.25. The molecule has 0 unspecified atom stereocenters. The largest absolute Gasteiger partial charge is 0.365 e. The van der Waals surface area contributed by atoms with Crippen molar-refractivity contribution in [2.24, 2.45) is 0 Å². The molecule has 1 aliphatic rings. The van der Waals surface area contributed by atoms with Crippen LogP contribution in [0.25, 0.3) is 5.69 Å². The molecule has 0 aliphatic heterocycles. The highest BCUT2D eigenvalue weighted by atomic mass is 35.5. The number of pyridine rings is 1. The number of carbonyl (C=O) groups excluding carboxylic acids is 1. The number of halogens is 1. The van der Waals surface area contributed by atoms with E-state index in [-0.39, 0.29) is 18.0 Å². The summed E-state index contributed by atoms with van der Waals surface area (Å²) in [5.74, 6) is 0.631. The third kappa shape index (κ3) is 3.99. The molecule has 1 saturated carbocycles. The van der Waals surface area contributed by atoms with E-state index in [2.05, 4.69) is 25.8 Å². The zero-order chi connectivity index (χ0) is 19.5. The van der Waals surface area contributed by atoms with Gasteiger partial charge in [0.1, 0.15) is 5.82 Å². The zero-order valence-corrected chi connectivity index (χ0v) is 16.2. The first kappa shape index (κ1) is 18.4. The first-order valence-electron chi connectivity index (χ1n) is 9.26. The Labute approximate surface area is 168 Å². The molecular formula is C20H21ClN6O. The van der Waals surface area contributed by atoms with Gasteiger partial charge in [0.2, 0.25) is 0 Å². The summed E-state index contributed by atoms with van der Waals surface area (Å²) in [4.78, 5) is 18.8. The molecule has 4 rings (SSSR count). The molecule has 1 aromatic carbocycles. The van der Waals surface area contributed by atoms with E-state index in [1.165, 1.54) is 4.80 Å². The fourth-order valence-corrected chi connectivity index (χ4v) is 3.66. The second kappa shape index (κ2) is 7.98. The molecule has 3 aromatic rings. The maximum atomic E-state index is 13.1. The number of benzene rings is 1. The van der Waals surface area contributed by atoms with E-state index in [4.69, 9.17) is 11.6 Å². The summed E-state index contributed by atoms with van der Waals surface area (Å²) in [6.45, 7) is 1.96. The van der Waals surface area contributed by atoms with Crippen LogP contribution in [0, 0.1) is 6.92 Å².